The van der Waals surface area contributed by atoms with Crippen molar-refractivity contribution in [2.24, 2.45) is 5.92 Å². The molecule has 9 heteroatoms. The van der Waals surface area contributed by atoms with Crippen LogP contribution in [0.15, 0.2) is 70.0 Å². The molecule has 2 N–H and O–H groups in total. The highest BCUT2D eigenvalue weighted by atomic mass is 35.5. The van der Waals surface area contributed by atoms with Crippen LogP contribution in [0.2, 0.25) is 5.02 Å². The Morgan fingerprint density at radius 2 is 1.87 bits per heavy atom. The van der Waals surface area contributed by atoms with E-state index in [1.165, 1.54) is 0 Å². The van der Waals surface area contributed by atoms with E-state index in [4.69, 9.17) is 16.3 Å². The Labute approximate surface area is 228 Å². The molecule has 196 valence electrons. The van der Waals surface area contributed by atoms with Crippen LogP contribution in [-0.4, -0.2) is 27.4 Å². The van der Waals surface area contributed by atoms with Gasteiger partial charge in [0.25, 0.3) is 0 Å². The van der Waals surface area contributed by atoms with Gasteiger partial charge in [0.2, 0.25) is 5.95 Å². The van der Waals surface area contributed by atoms with Crippen LogP contribution in [0.4, 0.5) is 4.39 Å². The van der Waals surface area contributed by atoms with Crippen LogP contribution in [0.1, 0.15) is 47.3 Å². The predicted octanol–water partition coefficient (Wildman–Crippen LogP) is 6.97. The second-order valence-electron chi connectivity index (χ2n) is 9.47. The van der Waals surface area contributed by atoms with Crippen LogP contribution < -0.4 is 10.5 Å². The minimum atomic E-state index is -0.605. The highest BCUT2D eigenvalue weighted by Gasteiger charge is 2.29. The smallest absolute Gasteiger partial charge is 0.439 e. The fraction of sp³-hybridized carbons (Fsp3) is 0.167. The number of methoxy groups -OCH3 is 1. The van der Waals surface area contributed by atoms with Crippen molar-refractivity contribution in [3.05, 3.63) is 110 Å². The van der Waals surface area contributed by atoms with Gasteiger partial charge in [0.05, 0.1) is 23.0 Å². The molecule has 0 amide bonds. The molecule has 7 nitrogen and oxygen atoms in total. The van der Waals surface area contributed by atoms with Crippen LogP contribution in [0.3, 0.4) is 0 Å². The molecule has 1 fully saturated rings. The summed E-state index contributed by atoms with van der Waals surface area (Å²) in [5, 5.41) is 11.2. The first-order valence-electron chi connectivity index (χ1n) is 12.6. The number of hydrogen-bond donors (Lipinski definition) is 2. The van der Waals surface area contributed by atoms with Gasteiger partial charge < -0.3 is 4.74 Å². The number of aromatic nitrogens is 4. The lowest BCUT2D eigenvalue weighted by Crippen LogP contribution is -2.15. The molecule has 0 atom stereocenters. The van der Waals surface area contributed by atoms with Crippen molar-refractivity contribution in [1.29, 1.82) is 0 Å². The summed E-state index contributed by atoms with van der Waals surface area (Å²) in [6, 6.07) is 19.4. The quantitative estimate of drug-likeness (QED) is 0.216. The van der Waals surface area contributed by atoms with Crippen molar-refractivity contribution in [3.8, 4) is 5.75 Å². The largest absolute Gasteiger partial charge is 0.497 e. The van der Waals surface area contributed by atoms with Gasteiger partial charge in [-0.05, 0) is 88.6 Å². The number of halogens is 2. The number of ether oxygens (including phenoxy) is 1. The lowest BCUT2D eigenvalue weighted by atomic mass is 9.73. The summed E-state index contributed by atoms with van der Waals surface area (Å²) in [4.78, 5) is 13.7. The Kier molecular flexibility index (Phi) is 6.62. The molecular formula is C30H24ClFN4O3. The Morgan fingerprint density at radius 3 is 2.54 bits per heavy atom. The van der Waals surface area contributed by atoms with Crippen molar-refractivity contribution in [2.75, 3.05) is 7.11 Å². The van der Waals surface area contributed by atoms with E-state index in [0.29, 0.717) is 33.4 Å². The van der Waals surface area contributed by atoms with Crippen LogP contribution in [-0.2, 0) is 0 Å². The predicted molar refractivity (Wildman–Crippen MR) is 150 cm³/mol. The van der Waals surface area contributed by atoms with Crippen molar-refractivity contribution in [1.82, 2.24) is 20.3 Å². The Morgan fingerprint density at radius 1 is 1.08 bits per heavy atom. The van der Waals surface area contributed by atoms with Gasteiger partial charge in [-0.25, -0.2) is 4.79 Å². The molecule has 0 saturated heterocycles. The third-order valence-electron chi connectivity index (χ3n) is 7.14. The second kappa shape index (κ2) is 10.4. The lowest BCUT2D eigenvalue weighted by molar-refractivity contribution is 0.385. The average molecular weight is 543 g/mol. The molecular weight excluding hydrogens is 519 g/mol. The number of allylic oxidation sites excluding steroid dienone is 1. The molecule has 39 heavy (non-hydrogen) atoms. The normalized spacial score (nSPS) is 14.5. The van der Waals surface area contributed by atoms with Crippen LogP contribution >= 0.6 is 11.6 Å². The first-order chi connectivity index (χ1) is 19.0. The second-order valence-corrected chi connectivity index (χ2v) is 9.87. The van der Waals surface area contributed by atoms with Gasteiger partial charge in [-0.15, -0.1) is 0 Å². The number of fused-ring (bicyclic) bond motifs is 1. The van der Waals surface area contributed by atoms with E-state index < -0.39 is 11.7 Å². The molecule has 1 aliphatic rings. The number of nitrogens with one attached hydrogen (secondary N) is 2. The summed E-state index contributed by atoms with van der Waals surface area (Å²) >= 11 is 6.84. The topological polar surface area (TPSA) is 96.8 Å². The van der Waals surface area contributed by atoms with E-state index in [-0.39, 0.29) is 0 Å². The van der Waals surface area contributed by atoms with E-state index in [9.17, 15) is 9.18 Å². The molecule has 0 spiro atoms. The minimum absolute atomic E-state index is 0.305. The van der Waals surface area contributed by atoms with Crippen molar-refractivity contribution >= 4 is 45.8 Å². The number of hydrogen-bond acceptors (Lipinski definition) is 5. The SMILES string of the molecule is COc1ccc(/C(=C(/c2ccc(C=Cc3noc(=O)[nH]3)cc2)c2ccc3n[nH]c(F)c3c2)C2CCC2)c(Cl)c1. The monoisotopic (exact) mass is 542 g/mol. The zero-order valence-corrected chi connectivity index (χ0v) is 21.8. The van der Waals surface area contributed by atoms with Gasteiger partial charge in [0, 0.05) is 0 Å². The molecule has 6 rings (SSSR count). The molecule has 1 aliphatic carbocycles. The van der Waals surface area contributed by atoms with E-state index in [0.717, 1.165) is 52.7 Å². The Hall–Kier alpha value is -4.43. The van der Waals surface area contributed by atoms with Crippen LogP contribution in [0.25, 0.3) is 34.2 Å². The summed E-state index contributed by atoms with van der Waals surface area (Å²) in [6.07, 6.45) is 6.73. The summed E-state index contributed by atoms with van der Waals surface area (Å²) in [5.41, 5.74) is 6.37. The molecule has 0 unspecified atom stereocenters. The third-order valence-corrected chi connectivity index (χ3v) is 7.45. The van der Waals surface area contributed by atoms with E-state index >= 15 is 0 Å². The molecule has 3 aromatic carbocycles. The van der Waals surface area contributed by atoms with Crippen molar-refractivity contribution < 1.29 is 13.7 Å². The van der Waals surface area contributed by atoms with Gasteiger partial charge in [0.15, 0.2) is 5.82 Å². The van der Waals surface area contributed by atoms with E-state index in [1.807, 2.05) is 66.7 Å². The Bertz CT molecular complexity index is 1780. The molecule has 0 aliphatic heterocycles. The van der Waals surface area contributed by atoms with Crippen LogP contribution in [0, 0.1) is 11.9 Å². The highest BCUT2D eigenvalue weighted by molar-refractivity contribution is 6.33. The molecule has 0 bridgehead atoms. The Balaban J connectivity index is 1.53. The average Bonchev–Trinajstić information content (AvgIpc) is 3.51. The minimum Gasteiger partial charge on any atom is -0.497 e. The maximum absolute atomic E-state index is 14.6. The van der Waals surface area contributed by atoms with Crippen molar-refractivity contribution in [2.45, 2.75) is 19.3 Å². The van der Waals surface area contributed by atoms with Gasteiger partial charge in [0.1, 0.15) is 5.75 Å². The first-order valence-corrected chi connectivity index (χ1v) is 12.9. The van der Waals surface area contributed by atoms with Crippen LogP contribution in [0.5, 0.6) is 5.75 Å². The number of rotatable bonds is 7. The van der Waals surface area contributed by atoms with E-state index in [1.54, 1.807) is 13.2 Å². The number of aromatic amines is 2. The highest BCUT2D eigenvalue weighted by Crippen LogP contribution is 2.47. The van der Waals surface area contributed by atoms with E-state index in [2.05, 4.69) is 24.9 Å². The first kappa shape index (κ1) is 24.9. The molecule has 2 heterocycles. The number of H-pyrrole nitrogens is 2. The zero-order chi connectivity index (χ0) is 26.9. The standard InChI is InChI=1S/C30H24ClFN4O3/c1-38-21-11-12-22(24(31)16-21)28(18-3-2-4-18)27(20-10-13-25-23(15-20)29(32)35-34-25)19-8-5-17(6-9-19)7-14-26-33-30(37)39-36-26/h5-16,18H,2-4H2,1H3,(H,34,35)(H,33,36,37)/b14-7?,28-27-. The summed E-state index contributed by atoms with van der Waals surface area (Å²) in [5.74, 6) is 0.252. The van der Waals surface area contributed by atoms with Gasteiger partial charge in [-0.3, -0.25) is 14.6 Å². The lowest BCUT2D eigenvalue weighted by Gasteiger charge is -2.32. The third kappa shape index (κ3) is 4.91. The zero-order valence-electron chi connectivity index (χ0n) is 21.0. The summed E-state index contributed by atoms with van der Waals surface area (Å²) in [7, 11) is 1.62. The molecule has 2 aromatic heterocycles. The fourth-order valence-electron chi connectivity index (χ4n) is 4.96. The van der Waals surface area contributed by atoms with Gasteiger partial charge >= 0.3 is 5.76 Å². The maximum atomic E-state index is 14.6. The molecule has 1 saturated carbocycles. The molecule has 5 aromatic rings. The number of benzene rings is 3. The van der Waals surface area contributed by atoms with Crippen molar-refractivity contribution in [3.63, 3.8) is 0 Å². The van der Waals surface area contributed by atoms with Gasteiger partial charge in [-0.1, -0.05) is 59.6 Å². The fourth-order valence-corrected chi connectivity index (χ4v) is 5.23. The summed E-state index contributed by atoms with van der Waals surface area (Å²) in [6.45, 7) is 0. The number of nitrogens with zero attached hydrogens (tertiary/aromatic N) is 2. The summed E-state index contributed by atoms with van der Waals surface area (Å²) < 4.78 is 24.5. The molecule has 0 radical (unpaired) electrons. The van der Waals surface area contributed by atoms with Gasteiger partial charge in [-0.2, -0.15) is 9.49 Å². The maximum Gasteiger partial charge on any atom is 0.439 e.